The zero-order chi connectivity index (χ0) is 23.3. The van der Waals surface area contributed by atoms with Gasteiger partial charge in [0, 0.05) is 11.6 Å². The maximum atomic E-state index is 13.6. The molecular weight excluding hydrogens is 510 g/mol. The molecule has 4 aromatic rings. The van der Waals surface area contributed by atoms with Crippen LogP contribution in [-0.2, 0) is 6.54 Å². The Morgan fingerprint density at radius 2 is 1.88 bits per heavy atom. The van der Waals surface area contributed by atoms with Gasteiger partial charge < -0.3 is 19.2 Å². The molecule has 1 aliphatic heterocycles. The van der Waals surface area contributed by atoms with E-state index in [0.717, 1.165) is 5.56 Å². The Bertz CT molecular complexity index is 1470. The third-order valence-electron chi connectivity index (χ3n) is 5.71. The van der Waals surface area contributed by atoms with Gasteiger partial charge in [-0.3, -0.25) is 9.59 Å². The second kappa shape index (κ2) is 8.24. The quantitative estimate of drug-likeness (QED) is 0.371. The number of nitrogens with zero attached hydrogens (tertiary/aromatic N) is 1. The van der Waals surface area contributed by atoms with Crippen LogP contribution in [0, 0.1) is 0 Å². The van der Waals surface area contributed by atoms with E-state index in [1.807, 2.05) is 30.3 Å². The lowest BCUT2D eigenvalue weighted by Crippen LogP contribution is -2.29. The highest BCUT2D eigenvalue weighted by atomic mass is 79.9. The molecule has 33 heavy (non-hydrogen) atoms. The average Bonchev–Trinajstić information content (AvgIpc) is 3.08. The summed E-state index contributed by atoms with van der Waals surface area (Å²) in [7, 11) is 1.44. The van der Waals surface area contributed by atoms with E-state index in [0.29, 0.717) is 26.0 Å². The van der Waals surface area contributed by atoms with Gasteiger partial charge in [0.2, 0.25) is 5.76 Å². The molecule has 1 atom stereocenters. The maximum Gasteiger partial charge on any atom is 0.291 e. The normalized spacial score (nSPS) is 15.2. The summed E-state index contributed by atoms with van der Waals surface area (Å²) in [5.74, 6) is -0.249. The lowest BCUT2D eigenvalue weighted by molar-refractivity contribution is 0.0714. The molecule has 0 saturated carbocycles. The number of hydrogen-bond donors (Lipinski definition) is 1. The molecule has 0 bridgehead atoms. The Morgan fingerprint density at radius 3 is 2.61 bits per heavy atom. The van der Waals surface area contributed by atoms with E-state index in [4.69, 9.17) is 20.8 Å². The standard InChI is InChI=1S/C25H17BrClNO5/c1-32-19-10-14(9-17(26)23(19)30)21-20-22(29)16-11-15(27)7-8-18(16)33-24(20)25(31)28(21)12-13-5-3-2-4-6-13/h2-11,21,30H,12H2,1H3/t21-/m1/s1. The minimum atomic E-state index is -0.752. The first-order valence-corrected chi connectivity index (χ1v) is 11.2. The number of phenolic OH excluding ortho intramolecular Hbond substituents is 1. The molecule has 1 aromatic heterocycles. The van der Waals surface area contributed by atoms with Gasteiger partial charge in [0.1, 0.15) is 5.58 Å². The molecule has 0 fully saturated rings. The van der Waals surface area contributed by atoms with Crippen LogP contribution in [0.2, 0.25) is 5.02 Å². The molecule has 0 radical (unpaired) electrons. The number of aromatic hydroxyl groups is 1. The first-order valence-electron chi connectivity index (χ1n) is 10.1. The fraction of sp³-hybridized carbons (Fsp3) is 0.120. The van der Waals surface area contributed by atoms with Crippen LogP contribution in [0.3, 0.4) is 0 Å². The molecule has 0 saturated heterocycles. The van der Waals surface area contributed by atoms with Gasteiger partial charge in [-0.1, -0.05) is 41.9 Å². The molecule has 1 aliphatic rings. The van der Waals surface area contributed by atoms with Gasteiger partial charge in [-0.05, 0) is 57.4 Å². The first kappa shape index (κ1) is 21.6. The molecule has 166 valence electrons. The van der Waals surface area contributed by atoms with Crippen molar-refractivity contribution >= 4 is 44.4 Å². The first-order chi connectivity index (χ1) is 15.9. The highest BCUT2D eigenvalue weighted by Crippen LogP contribution is 2.44. The van der Waals surface area contributed by atoms with Gasteiger partial charge in [0.25, 0.3) is 5.91 Å². The van der Waals surface area contributed by atoms with Crippen molar-refractivity contribution in [3.05, 3.63) is 103 Å². The lowest BCUT2D eigenvalue weighted by Gasteiger charge is -2.26. The van der Waals surface area contributed by atoms with Gasteiger partial charge in [0.05, 0.1) is 28.6 Å². The number of halogens is 2. The van der Waals surface area contributed by atoms with Crippen LogP contribution in [0.1, 0.15) is 33.3 Å². The lowest BCUT2D eigenvalue weighted by atomic mass is 9.97. The van der Waals surface area contributed by atoms with Gasteiger partial charge >= 0.3 is 0 Å². The second-order valence-corrected chi connectivity index (χ2v) is 8.98. The molecule has 0 aliphatic carbocycles. The SMILES string of the molecule is COc1cc([C@@H]2c3c(oc4ccc(Cl)cc4c3=O)C(=O)N2Cc2ccccc2)cc(Br)c1O. The zero-order valence-corrected chi connectivity index (χ0v) is 19.7. The summed E-state index contributed by atoms with van der Waals surface area (Å²) in [6.45, 7) is 0.256. The summed E-state index contributed by atoms with van der Waals surface area (Å²) in [5, 5.41) is 11.0. The van der Waals surface area contributed by atoms with Crippen molar-refractivity contribution in [1.82, 2.24) is 4.90 Å². The Kier molecular flexibility index (Phi) is 5.38. The van der Waals surface area contributed by atoms with Crippen LogP contribution >= 0.6 is 27.5 Å². The van der Waals surface area contributed by atoms with Crippen molar-refractivity contribution in [2.24, 2.45) is 0 Å². The summed E-state index contributed by atoms with van der Waals surface area (Å²) < 4.78 is 11.6. The topological polar surface area (TPSA) is 80.0 Å². The third-order valence-corrected chi connectivity index (χ3v) is 6.55. The minimum Gasteiger partial charge on any atom is -0.503 e. The van der Waals surface area contributed by atoms with E-state index in [9.17, 15) is 14.7 Å². The van der Waals surface area contributed by atoms with E-state index in [1.165, 1.54) is 13.2 Å². The number of carbonyl (C=O) groups is 1. The summed E-state index contributed by atoms with van der Waals surface area (Å²) in [6.07, 6.45) is 0. The zero-order valence-electron chi connectivity index (χ0n) is 17.3. The highest BCUT2D eigenvalue weighted by Gasteiger charge is 2.43. The molecule has 1 amide bonds. The van der Waals surface area contributed by atoms with Crippen molar-refractivity contribution in [3.8, 4) is 11.5 Å². The van der Waals surface area contributed by atoms with Crippen molar-refractivity contribution in [2.45, 2.75) is 12.6 Å². The number of methoxy groups -OCH3 is 1. The number of phenols is 1. The van der Waals surface area contributed by atoms with E-state index in [1.54, 1.807) is 29.2 Å². The summed E-state index contributed by atoms with van der Waals surface area (Å²) in [6, 6.07) is 16.8. The molecule has 1 N–H and O–H groups in total. The van der Waals surface area contributed by atoms with E-state index in [-0.39, 0.29) is 34.8 Å². The number of carbonyl (C=O) groups excluding carboxylic acids is 1. The van der Waals surface area contributed by atoms with Gasteiger partial charge in [-0.25, -0.2) is 0 Å². The van der Waals surface area contributed by atoms with Crippen LogP contribution in [0.15, 0.2) is 74.3 Å². The van der Waals surface area contributed by atoms with Crippen molar-refractivity contribution in [1.29, 1.82) is 0 Å². The number of amides is 1. The maximum absolute atomic E-state index is 13.6. The molecule has 3 aromatic carbocycles. The summed E-state index contributed by atoms with van der Waals surface area (Å²) in [4.78, 5) is 28.7. The predicted molar refractivity (Wildman–Crippen MR) is 128 cm³/mol. The van der Waals surface area contributed by atoms with Crippen molar-refractivity contribution in [3.63, 3.8) is 0 Å². The number of benzene rings is 3. The van der Waals surface area contributed by atoms with E-state index in [2.05, 4.69) is 15.9 Å². The molecule has 5 rings (SSSR count). The van der Waals surface area contributed by atoms with Crippen molar-refractivity contribution < 1.29 is 19.1 Å². The van der Waals surface area contributed by atoms with E-state index < -0.39 is 11.9 Å². The average molecular weight is 527 g/mol. The fourth-order valence-electron chi connectivity index (χ4n) is 4.19. The Balaban J connectivity index is 1.77. The fourth-order valence-corrected chi connectivity index (χ4v) is 4.82. The van der Waals surface area contributed by atoms with Crippen molar-refractivity contribution in [2.75, 3.05) is 7.11 Å². The molecule has 8 heteroatoms. The smallest absolute Gasteiger partial charge is 0.291 e. The monoisotopic (exact) mass is 525 g/mol. The molecule has 6 nitrogen and oxygen atoms in total. The molecule has 0 spiro atoms. The number of fused-ring (bicyclic) bond motifs is 2. The number of hydrogen-bond acceptors (Lipinski definition) is 5. The highest BCUT2D eigenvalue weighted by molar-refractivity contribution is 9.10. The van der Waals surface area contributed by atoms with Gasteiger partial charge in [-0.15, -0.1) is 0 Å². The Hall–Kier alpha value is -3.29. The summed E-state index contributed by atoms with van der Waals surface area (Å²) in [5.41, 5.74) is 1.68. The largest absolute Gasteiger partial charge is 0.503 e. The van der Waals surface area contributed by atoms with E-state index >= 15 is 0 Å². The van der Waals surface area contributed by atoms with Crippen LogP contribution in [-0.4, -0.2) is 23.0 Å². The second-order valence-electron chi connectivity index (χ2n) is 7.69. The minimum absolute atomic E-state index is 0.00100. The number of rotatable bonds is 4. The molecular formula is C25H17BrClNO5. The van der Waals surface area contributed by atoms with Gasteiger partial charge in [0.15, 0.2) is 16.9 Å². The van der Waals surface area contributed by atoms with Crippen LogP contribution in [0.4, 0.5) is 0 Å². The summed E-state index contributed by atoms with van der Waals surface area (Å²) >= 11 is 9.47. The Labute approximate surface area is 202 Å². The third kappa shape index (κ3) is 3.57. The number of ether oxygens (including phenoxy) is 1. The predicted octanol–water partition coefficient (Wildman–Crippen LogP) is 5.67. The molecule has 0 unspecified atom stereocenters. The van der Waals surface area contributed by atoms with Gasteiger partial charge in [-0.2, -0.15) is 0 Å². The van der Waals surface area contributed by atoms with Crippen LogP contribution in [0.25, 0.3) is 11.0 Å². The Morgan fingerprint density at radius 1 is 1.12 bits per heavy atom. The van der Waals surface area contributed by atoms with Crippen LogP contribution < -0.4 is 10.2 Å². The van der Waals surface area contributed by atoms with Crippen LogP contribution in [0.5, 0.6) is 11.5 Å². The molecule has 2 heterocycles.